The summed E-state index contributed by atoms with van der Waals surface area (Å²) in [6.45, 7) is 2.17. The molecule has 0 spiro atoms. The van der Waals surface area contributed by atoms with Crippen LogP contribution in [0.25, 0.3) is 0 Å². The van der Waals surface area contributed by atoms with Crippen LogP contribution in [-0.2, 0) is 9.53 Å². The molecule has 0 saturated heterocycles. The molecule has 0 aliphatic rings. The van der Waals surface area contributed by atoms with Gasteiger partial charge in [-0.05, 0) is 18.6 Å². The van der Waals surface area contributed by atoms with Crippen LogP contribution in [0, 0.1) is 11.6 Å². The van der Waals surface area contributed by atoms with E-state index in [1.165, 1.54) is 58.1 Å². The first kappa shape index (κ1) is 24.1. The van der Waals surface area contributed by atoms with Gasteiger partial charge in [-0.3, -0.25) is 9.59 Å². The predicted molar refractivity (Wildman–Crippen MR) is 106 cm³/mol. The number of ether oxygens (including phenoxy) is 1. The molecule has 1 amide bonds. The second-order valence-electron chi connectivity index (χ2n) is 7.16. The number of carbonyl (C=O) groups excluding carboxylic acids is 2. The minimum atomic E-state index is -0.949. The Morgan fingerprint density at radius 3 is 1.93 bits per heavy atom. The summed E-state index contributed by atoms with van der Waals surface area (Å²) in [6, 6.07) is 3.20. The zero-order chi connectivity index (χ0) is 20.8. The van der Waals surface area contributed by atoms with Crippen LogP contribution in [0.5, 0.6) is 0 Å². The van der Waals surface area contributed by atoms with Crippen LogP contribution in [0.4, 0.5) is 8.78 Å². The van der Waals surface area contributed by atoms with Gasteiger partial charge < -0.3 is 9.64 Å². The summed E-state index contributed by atoms with van der Waals surface area (Å²) in [5.74, 6) is -3.36. The van der Waals surface area contributed by atoms with Crippen molar-refractivity contribution in [1.29, 1.82) is 0 Å². The lowest BCUT2D eigenvalue weighted by Crippen LogP contribution is -2.34. The number of unbranched alkanes of at least 4 members (excludes halogenated alkanes) is 9. The Kier molecular flexibility index (Phi) is 12.1. The topological polar surface area (TPSA) is 46.6 Å². The molecule has 0 radical (unpaired) electrons. The van der Waals surface area contributed by atoms with Crippen LogP contribution in [-0.4, -0.2) is 37.0 Å². The smallest absolute Gasteiger partial charge is 0.325 e. The first-order valence-electron chi connectivity index (χ1n) is 10.3. The van der Waals surface area contributed by atoms with Gasteiger partial charge in [0.1, 0.15) is 23.7 Å². The number of rotatable bonds is 14. The van der Waals surface area contributed by atoms with Crippen molar-refractivity contribution in [3.8, 4) is 0 Å². The van der Waals surface area contributed by atoms with Crippen molar-refractivity contribution >= 4 is 11.9 Å². The lowest BCUT2D eigenvalue weighted by Gasteiger charge is -2.17. The molecule has 0 unspecified atom stereocenters. The molecule has 0 N–H and O–H groups in total. The summed E-state index contributed by atoms with van der Waals surface area (Å²) < 4.78 is 32.4. The number of amides is 1. The number of nitrogens with zero attached hydrogens (tertiary/aromatic N) is 1. The zero-order valence-corrected chi connectivity index (χ0v) is 17.1. The number of carbonyl (C=O) groups is 2. The molecular weight excluding hydrogens is 364 g/mol. The summed E-state index contributed by atoms with van der Waals surface area (Å²) in [6.07, 6.45) is 11.9. The highest BCUT2D eigenvalue weighted by atomic mass is 19.1. The van der Waals surface area contributed by atoms with Crippen LogP contribution in [0.1, 0.15) is 81.5 Å². The van der Waals surface area contributed by atoms with Crippen molar-refractivity contribution in [2.45, 2.75) is 71.1 Å². The molecular formula is C22H33F2NO3. The fourth-order valence-electron chi connectivity index (χ4n) is 2.98. The number of hydrogen-bond acceptors (Lipinski definition) is 3. The molecule has 4 nitrogen and oxygen atoms in total. The van der Waals surface area contributed by atoms with E-state index >= 15 is 0 Å². The van der Waals surface area contributed by atoms with E-state index < -0.39 is 29.1 Å². The Morgan fingerprint density at radius 2 is 1.39 bits per heavy atom. The number of halogens is 2. The van der Waals surface area contributed by atoms with E-state index in [1.807, 2.05) is 0 Å². The van der Waals surface area contributed by atoms with Crippen LogP contribution in [0.15, 0.2) is 18.2 Å². The van der Waals surface area contributed by atoms with Crippen LogP contribution in [0.2, 0.25) is 0 Å². The van der Waals surface area contributed by atoms with Gasteiger partial charge in [0, 0.05) is 7.05 Å². The summed E-state index contributed by atoms with van der Waals surface area (Å²) in [4.78, 5) is 24.9. The van der Waals surface area contributed by atoms with Crippen molar-refractivity contribution < 1.29 is 23.1 Å². The molecule has 0 aromatic heterocycles. The van der Waals surface area contributed by atoms with E-state index in [0.717, 1.165) is 36.3 Å². The Morgan fingerprint density at radius 1 is 0.893 bits per heavy atom. The van der Waals surface area contributed by atoms with Crippen molar-refractivity contribution in [3.63, 3.8) is 0 Å². The van der Waals surface area contributed by atoms with Crippen LogP contribution in [0.3, 0.4) is 0 Å². The molecule has 0 aliphatic carbocycles. The fraction of sp³-hybridized carbons (Fsp3) is 0.636. The highest BCUT2D eigenvalue weighted by molar-refractivity contribution is 5.96. The lowest BCUT2D eigenvalue weighted by atomic mass is 10.1. The molecule has 1 aromatic carbocycles. The molecule has 0 saturated carbocycles. The standard InChI is InChI=1S/C22H33F2NO3/c1-3-4-5-6-7-8-9-10-11-12-16-28-20(26)17-25(2)22(27)21-18(23)14-13-15-19(21)24/h13-15H,3-12,16-17H2,1-2H3. The Hall–Kier alpha value is -1.98. The minimum absolute atomic E-state index is 0.297. The third-order valence-electron chi connectivity index (χ3n) is 4.65. The SMILES string of the molecule is CCCCCCCCCCCCOC(=O)CN(C)C(=O)c1c(F)cccc1F. The van der Waals surface area contributed by atoms with Gasteiger partial charge in [0.2, 0.25) is 0 Å². The molecule has 0 atom stereocenters. The third kappa shape index (κ3) is 9.29. The largest absolute Gasteiger partial charge is 0.464 e. The Bertz CT molecular complexity index is 587. The maximum atomic E-state index is 13.6. The van der Waals surface area contributed by atoms with Crippen LogP contribution >= 0.6 is 0 Å². The van der Waals surface area contributed by atoms with E-state index in [4.69, 9.17) is 4.74 Å². The lowest BCUT2D eigenvalue weighted by molar-refractivity contribution is -0.144. The molecule has 1 aromatic rings. The number of likely N-dealkylation sites (N-methyl/N-ethyl adjacent to an activating group) is 1. The quantitative estimate of drug-likeness (QED) is 0.308. The van der Waals surface area contributed by atoms with Gasteiger partial charge >= 0.3 is 5.97 Å². The van der Waals surface area contributed by atoms with E-state index in [-0.39, 0.29) is 6.54 Å². The first-order valence-corrected chi connectivity index (χ1v) is 10.3. The molecule has 158 valence electrons. The number of esters is 1. The van der Waals surface area contributed by atoms with E-state index in [2.05, 4.69) is 6.92 Å². The normalized spacial score (nSPS) is 10.7. The summed E-state index contributed by atoms with van der Waals surface area (Å²) in [5, 5.41) is 0. The molecule has 1 rings (SSSR count). The number of benzene rings is 1. The van der Waals surface area contributed by atoms with Gasteiger partial charge in [-0.15, -0.1) is 0 Å². The monoisotopic (exact) mass is 397 g/mol. The second-order valence-corrected chi connectivity index (χ2v) is 7.16. The van der Waals surface area contributed by atoms with Gasteiger partial charge in [-0.2, -0.15) is 0 Å². The van der Waals surface area contributed by atoms with Crippen molar-refractivity contribution in [1.82, 2.24) is 4.90 Å². The van der Waals surface area contributed by atoms with Crippen LogP contribution < -0.4 is 0 Å². The molecule has 0 fully saturated rings. The second kappa shape index (κ2) is 14.1. The highest BCUT2D eigenvalue weighted by Crippen LogP contribution is 2.14. The molecule has 0 bridgehead atoms. The van der Waals surface area contributed by atoms with Gasteiger partial charge in [0.05, 0.1) is 6.61 Å². The van der Waals surface area contributed by atoms with Gasteiger partial charge in [-0.1, -0.05) is 70.8 Å². The van der Waals surface area contributed by atoms with Gasteiger partial charge in [-0.25, -0.2) is 8.78 Å². The number of hydrogen-bond donors (Lipinski definition) is 0. The Balaban J connectivity index is 2.14. The van der Waals surface area contributed by atoms with Crippen molar-refractivity contribution in [2.75, 3.05) is 20.2 Å². The van der Waals surface area contributed by atoms with E-state index in [1.54, 1.807) is 0 Å². The zero-order valence-electron chi connectivity index (χ0n) is 17.1. The summed E-state index contributed by atoms with van der Waals surface area (Å²) in [7, 11) is 1.32. The molecule has 0 aliphatic heterocycles. The minimum Gasteiger partial charge on any atom is -0.464 e. The maximum Gasteiger partial charge on any atom is 0.325 e. The van der Waals surface area contributed by atoms with Crippen molar-refractivity contribution in [2.24, 2.45) is 0 Å². The Labute approximate surface area is 167 Å². The highest BCUT2D eigenvalue weighted by Gasteiger charge is 2.22. The van der Waals surface area contributed by atoms with Gasteiger partial charge in [0.15, 0.2) is 0 Å². The van der Waals surface area contributed by atoms with E-state index in [9.17, 15) is 18.4 Å². The van der Waals surface area contributed by atoms with Crippen molar-refractivity contribution in [3.05, 3.63) is 35.4 Å². The first-order chi connectivity index (χ1) is 13.5. The average molecular weight is 398 g/mol. The molecule has 28 heavy (non-hydrogen) atoms. The maximum absolute atomic E-state index is 13.6. The average Bonchev–Trinajstić information content (AvgIpc) is 2.65. The molecule has 0 heterocycles. The van der Waals surface area contributed by atoms with E-state index in [0.29, 0.717) is 6.61 Å². The van der Waals surface area contributed by atoms with Gasteiger partial charge in [0.25, 0.3) is 5.91 Å². The fourth-order valence-corrected chi connectivity index (χ4v) is 2.98. The summed E-state index contributed by atoms with van der Waals surface area (Å²) in [5.41, 5.74) is -0.660. The molecule has 6 heteroatoms. The summed E-state index contributed by atoms with van der Waals surface area (Å²) >= 11 is 0. The third-order valence-corrected chi connectivity index (χ3v) is 4.65. The predicted octanol–water partition coefficient (Wildman–Crippen LogP) is 5.50.